The maximum Gasteiger partial charge on any atom is 0.318 e. The molecule has 2 saturated heterocycles. The van der Waals surface area contributed by atoms with Crippen molar-refractivity contribution in [3.8, 4) is 12.1 Å². The van der Waals surface area contributed by atoms with Crippen LogP contribution in [0.5, 0.6) is 6.01 Å². The SMILES string of the molecule is C=C(F)C(=O)N1CCN(c2nc(OCC3CCCN3CC)nc(CCCc3ccccc3Cl)c2CCC)CC1CC#N. The Bertz CT molecular complexity index is 1280. The number of aromatic nitrogens is 2. The molecule has 8 nitrogen and oxygen atoms in total. The molecule has 2 aliphatic heterocycles. The highest BCUT2D eigenvalue weighted by atomic mass is 35.5. The quantitative estimate of drug-likeness (QED) is 0.281. The summed E-state index contributed by atoms with van der Waals surface area (Å²) in [5, 5.41) is 10.3. The fourth-order valence-corrected chi connectivity index (χ4v) is 6.33. The predicted molar refractivity (Wildman–Crippen MR) is 163 cm³/mol. The largest absolute Gasteiger partial charge is 0.462 e. The van der Waals surface area contributed by atoms with Gasteiger partial charge < -0.3 is 14.5 Å². The Kier molecular flexibility index (Phi) is 11.6. The van der Waals surface area contributed by atoms with E-state index in [0.717, 1.165) is 85.7 Å². The van der Waals surface area contributed by atoms with E-state index in [4.69, 9.17) is 26.3 Å². The normalized spacial score (nSPS) is 19.1. The van der Waals surface area contributed by atoms with Gasteiger partial charge in [0.1, 0.15) is 12.4 Å². The molecule has 1 aromatic carbocycles. The molecule has 0 saturated carbocycles. The van der Waals surface area contributed by atoms with E-state index in [0.29, 0.717) is 31.7 Å². The van der Waals surface area contributed by atoms with Gasteiger partial charge in [-0.05, 0) is 63.2 Å². The van der Waals surface area contributed by atoms with E-state index >= 15 is 0 Å². The Labute approximate surface area is 254 Å². The Morgan fingerprint density at radius 2 is 1.98 bits per heavy atom. The second-order valence-corrected chi connectivity index (χ2v) is 11.5. The van der Waals surface area contributed by atoms with Crippen molar-refractivity contribution in [3.05, 3.63) is 58.5 Å². The highest BCUT2D eigenvalue weighted by Gasteiger charge is 2.34. The van der Waals surface area contributed by atoms with Gasteiger partial charge in [-0.25, -0.2) is 4.39 Å². The molecule has 2 aromatic rings. The first-order valence-corrected chi connectivity index (χ1v) is 15.5. The summed E-state index contributed by atoms with van der Waals surface area (Å²) in [5.41, 5.74) is 3.12. The Morgan fingerprint density at radius 1 is 1.17 bits per heavy atom. The van der Waals surface area contributed by atoms with Gasteiger partial charge in [0.05, 0.1) is 24.2 Å². The molecule has 0 radical (unpaired) electrons. The lowest BCUT2D eigenvalue weighted by Crippen LogP contribution is -2.55. The summed E-state index contributed by atoms with van der Waals surface area (Å²) in [6, 6.07) is 10.3. The van der Waals surface area contributed by atoms with Crippen LogP contribution in [0.2, 0.25) is 5.02 Å². The van der Waals surface area contributed by atoms with Crippen LogP contribution in [0.15, 0.2) is 36.7 Å². The number of nitrogens with zero attached hydrogens (tertiary/aromatic N) is 6. The lowest BCUT2D eigenvalue weighted by molar-refractivity contribution is -0.131. The molecular weight excluding hydrogens is 555 g/mol. The number of ether oxygens (including phenoxy) is 1. The number of halogens is 2. The first-order chi connectivity index (χ1) is 20.4. The van der Waals surface area contributed by atoms with Crippen LogP contribution in [0.1, 0.15) is 62.8 Å². The zero-order valence-electron chi connectivity index (χ0n) is 24.8. The second kappa shape index (κ2) is 15.3. The molecule has 1 aromatic heterocycles. The third-order valence-corrected chi connectivity index (χ3v) is 8.65. The number of likely N-dealkylation sites (N-methyl/N-ethyl adjacent to an activating group) is 1. The van der Waals surface area contributed by atoms with E-state index in [2.05, 4.69) is 42.4 Å². The van der Waals surface area contributed by atoms with Crippen molar-refractivity contribution in [2.45, 2.75) is 77.3 Å². The van der Waals surface area contributed by atoms with Crippen LogP contribution >= 0.6 is 11.6 Å². The second-order valence-electron chi connectivity index (χ2n) is 11.1. The number of hydrogen-bond acceptors (Lipinski definition) is 7. The van der Waals surface area contributed by atoms with Crippen LogP contribution in [0, 0.1) is 11.3 Å². The molecule has 2 atom stereocenters. The minimum atomic E-state index is -1.01. The maximum absolute atomic E-state index is 13.8. The van der Waals surface area contributed by atoms with Crippen LogP contribution in [0.4, 0.5) is 10.2 Å². The number of nitriles is 1. The van der Waals surface area contributed by atoms with E-state index in [9.17, 15) is 14.4 Å². The zero-order chi connectivity index (χ0) is 30.1. The number of amides is 1. The summed E-state index contributed by atoms with van der Waals surface area (Å²) in [5.74, 6) is -0.986. The number of aryl methyl sites for hydroxylation is 2. The highest BCUT2D eigenvalue weighted by Crippen LogP contribution is 2.30. The molecule has 2 aliphatic rings. The summed E-state index contributed by atoms with van der Waals surface area (Å²) in [4.78, 5) is 28.3. The third kappa shape index (κ3) is 7.78. The minimum Gasteiger partial charge on any atom is -0.462 e. The number of likely N-dealkylation sites (tertiary alicyclic amines) is 1. The van der Waals surface area contributed by atoms with Gasteiger partial charge >= 0.3 is 6.01 Å². The molecule has 4 rings (SSSR count). The fraction of sp³-hybridized carbons (Fsp3) is 0.562. The molecule has 1 amide bonds. The van der Waals surface area contributed by atoms with Crippen molar-refractivity contribution in [3.63, 3.8) is 0 Å². The Balaban J connectivity index is 1.63. The predicted octanol–water partition coefficient (Wildman–Crippen LogP) is 5.53. The summed E-state index contributed by atoms with van der Waals surface area (Å²) in [7, 11) is 0. The van der Waals surface area contributed by atoms with Crippen molar-refractivity contribution >= 4 is 23.3 Å². The summed E-state index contributed by atoms with van der Waals surface area (Å²) < 4.78 is 20.1. The molecule has 0 aliphatic carbocycles. The minimum absolute atomic E-state index is 0.0896. The average Bonchev–Trinajstić information content (AvgIpc) is 3.45. The smallest absolute Gasteiger partial charge is 0.318 e. The molecule has 0 spiro atoms. The molecule has 0 N–H and O–H groups in total. The maximum atomic E-state index is 13.8. The molecule has 0 bridgehead atoms. The van der Waals surface area contributed by atoms with Crippen molar-refractivity contribution in [1.29, 1.82) is 5.26 Å². The van der Waals surface area contributed by atoms with Crippen LogP contribution in [-0.4, -0.2) is 77.1 Å². The fourth-order valence-electron chi connectivity index (χ4n) is 6.10. The summed E-state index contributed by atoms with van der Waals surface area (Å²) >= 11 is 6.42. The van der Waals surface area contributed by atoms with Crippen LogP contribution in [-0.2, 0) is 24.1 Å². The van der Waals surface area contributed by atoms with Gasteiger partial charge in [-0.3, -0.25) is 9.69 Å². The van der Waals surface area contributed by atoms with Gasteiger partial charge in [0, 0.05) is 36.3 Å². The lowest BCUT2D eigenvalue weighted by Gasteiger charge is -2.41. The number of rotatable bonds is 13. The lowest BCUT2D eigenvalue weighted by atomic mass is 10.0. The van der Waals surface area contributed by atoms with Crippen molar-refractivity contribution < 1.29 is 13.9 Å². The van der Waals surface area contributed by atoms with Gasteiger partial charge in [-0.2, -0.15) is 15.2 Å². The van der Waals surface area contributed by atoms with Crippen LogP contribution in [0.25, 0.3) is 0 Å². The molecule has 2 fully saturated rings. The molecule has 10 heteroatoms. The van der Waals surface area contributed by atoms with Crippen molar-refractivity contribution in [2.24, 2.45) is 0 Å². The highest BCUT2D eigenvalue weighted by molar-refractivity contribution is 6.31. The molecule has 3 heterocycles. The van der Waals surface area contributed by atoms with Gasteiger partial charge in [-0.15, -0.1) is 0 Å². The molecule has 2 unspecified atom stereocenters. The molecular formula is C32H42ClFN6O2. The molecule has 226 valence electrons. The molecule has 42 heavy (non-hydrogen) atoms. The zero-order valence-corrected chi connectivity index (χ0v) is 25.6. The summed E-state index contributed by atoms with van der Waals surface area (Å²) in [6.45, 7) is 11.2. The number of benzene rings is 1. The van der Waals surface area contributed by atoms with Crippen molar-refractivity contribution in [1.82, 2.24) is 19.8 Å². The van der Waals surface area contributed by atoms with E-state index < -0.39 is 17.8 Å². The van der Waals surface area contributed by atoms with Crippen LogP contribution < -0.4 is 9.64 Å². The summed E-state index contributed by atoms with van der Waals surface area (Å²) in [6.07, 6.45) is 6.45. The monoisotopic (exact) mass is 596 g/mol. The van der Waals surface area contributed by atoms with Crippen LogP contribution in [0.3, 0.4) is 0 Å². The average molecular weight is 597 g/mol. The Hall–Kier alpha value is -3.22. The first kappa shape index (κ1) is 31.7. The standard InChI is InChI=1S/C32H42ClFN6O2/c1-4-10-27-29(15-8-12-24-11-6-7-14-28(24)33)36-32(42-22-26-13-9-18-38(26)5-2)37-30(27)39-19-20-40(31(41)23(3)34)25(21-39)16-17-35/h6-7,11,14,25-26H,3-5,8-10,12-13,15-16,18-22H2,1-2H3. The number of hydrogen-bond donors (Lipinski definition) is 0. The van der Waals surface area contributed by atoms with Gasteiger partial charge in [0.15, 0.2) is 5.83 Å². The van der Waals surface area contributed by atoms with E-state index in [1.165, 1.54) is 4.90 Å². The number of anilines is 1. The number of carbonyl (C=O) groups is 1. The first-order valence-electron chi connectivity index (χ1n) is 15.1. The third-order valence-electron chi connectivity index (χ3n) is 8.28. The van der Waals surface area contributed by atoms with E-state index in [1.54, 1.807) is 0 Å². The van der Waals surface area contributed by atoms with Gasteiger partial charge in [-0.1, -0.05) is 56.6 Å². The van der Waals surface area contributed by atoms with Gasteiger partial charge in [0.25, 0.3) is 5.91 Å². The van der Waals surface area contributed by atoms with E-state index in [-0.39, 0.29) is 13.0 Å². The number of carbonyl (C=O) groups excluding carboxylic acids is 1. The van der Waals surface area contributed by atoms with Crippen molar-refractivity contribution in [2.75, 3.05) is 44.2 Å². The van der Waals surface area contributed by atoms with E-state index in [1.807, 2.05) is 18.2 Å². The number of piperazine rings is 1. The Morgan fingerprint density at radius 3 is 2.69 bits per heavy atom. The topological polar surface area (TPSA) is 85.6 Å². The van der Waals surface area contributed by atoms with Gasteiger partial charge in [0.2, 0.25) is 0 Å².